The van der Waals surface area contributed by atoms with E-state index in [0.717, 1.165) is 18.4 Å². The van der Waals surface area contributed by atoms with Gasteiger partial charge in [0.25, 0.3) is 0 Å². The van der Waals surface area contributed by atoms with Gasteiger partial charge in [0.05, 0.1) is 5.60 Å². The minimum Gasteiger partial charge on any atom is -0.459 e. The van der Waals surface area contributed by atoms with Crippen LogP contribution in [0.25, 0.3) is 0 Å². The first-order chi connectivity index (χ1) is 12.5. The Morgan fingerprint density at radius 2 is 1.93 bits per heavy atom. The first-order valence-electron chi connectivity index (χ1n) is 9.89. The van der Waals surface area contributed by atoms with Crippen molar-refractivity contribution in [2.24, 2.45) is 11.8 Å². The number of rotatable bonds is 4. The van der Waals surface area contributed by atoms with Gasteiger partial charge in [0, 0.05) is 25.3 Å². The van der Waals surface area contributed by atoms with E-state index in [1.54, 1.807) is 0 Å². The van der Waals surface area contributed by atoms with Gasteiger partial charge in [-0.25, -0.2) is 4.79 Å². The van der Waals surface area contributed by atoms with Crippen molar-refractivity contribution < 1.29 is 23.8 Å². The Hall–Kier alpha value is -1.62. The molecule has 5 nitrogen and oxygen atoms in total. The highest BCUT2D eigenvalue weighted by Gasteiger charge is 2.60. The number of carbonyl (C=O) groups excluding carboxylic acids is 2. The summed E-state index contributed by atoms with van der Waals surface area (Å²) in [6.45, 7) is 13.4. The number of fused-ring (bicyclic) bond motifs is 1. The SMILES string of the molecule is CC(=O)O[C@@H]1[C@H](C(C)C)[C@@H](OC(=O)C=C(C)C)C/C(C)=C\CC[C@]2(C)O[C@@H]12. The van der Waals surface area contributed by atoms with E-state index in [4.69, 9.17) is 14.2 Å². The van der Waals surface area contributed by atoms with Crippen LogP contribution in [0.2, 0.25) is 0 Å². The summed E-state index contributed by atoms with van der Waals surface area (Å²) in [5.41, 5.74) is 1.78. The molecular weight excluding hydrogens is 344 g/mol. The lowest BCUT2D eigenvalue weighted by atomic mass is 9.78. The zero-order valence-electron chi connectivity index (χ0n) is 17.7. The van der Waals surface area contributed by atoms with Crippen LogP contribution in [0.1, 0.15) is 67.7 Å². The summed E-state index contributed by atoms with van der Waals surface area (Å²) >= 11 is 0. The summed E-state index contributed by atoms with van der Waals surface area (Å²) in [6, 6.07) is 0. The van der Waals surface area contributed by atoms with Gasteiger partial charge >= 0.3 is 11.9 Å². The summed E-state index contributed by atoms with van der Waals surface area (Å²) in [7, 11) is 0. The fraction of sp³-hybridized carbons (Fsp3) is 0.727. The predicted molar refractivity (Wildman–Crippen MR) is 104 cm³/mol. The van der Waals surface area contributed by atoms with Gasteiger partial charge in [0.2, 0.25) is 0 Å². The second kappa shape index (κ2) is 8.59. The maximum atomic E-state index is 12.4. The molecule has 152 valence electrons. The van der Waals surface area contributed by atoms with Crippen molar-refractivity contribution in [3.63, 3.8) is 0 Å². The molecule has 1 aliphatic carbocycles. The fourth-order valence-electron chi connectivity index (χ4n) is 4.11. The Bertz CT molecular complexity index is 629. The molecule has 0 spiro atoms. The third-order valence-electron chi connectivity index (χ3n) is 5.45. The van der Waals surface area contributed by atoms with Crippen molar-refractivity contribution >= 4 is 11.9 Å². The lowest BCUT2D eigenvalue weighted by molar-refractivity contribution is -0.161. The van der Waals surface area contributed by atoms with Crippen LogP contribution in [0.3, 0.4) is 0 Å². The highest BCUT2D eigenvalue weighted by molar-refractivity contribution is 5.82. The largest absolute Gasteiger partial charge is 0.459 e. The van der Waals surface area contributed by atoms with E-state index in [1.807, 2.05) is 13.8 Å². The minimum absolute atomic E-state index is 0.142. The van der Waals surface area contributed by atoms with E-state index in [9.17, 15) is 9.59 Å². The molecule has 0 saturated carbocycles. The Labute approximate surface area is 163 Å². The molecule has 27 heavy (non-hydrogen) atoms. The summed E-state index contributed by atoms with van der Waals surface area (Å²) in [5, 5.41) is 0. The molecule has 0 bridgehead atoms. The lowest BCUT2D eigenvalue weighted by Gasteiger charge is -2.36. The Morgan fingerprint density at radius 1 is 1.26 bits per heavy atom. The number of hydrogen-bond acceptors (Lipinski definition) is 5. The molecule has 0 radical (unpaired) electrons. The normalized spacial score (nSPS) is 35.3. The molecule has 1 saturated heterocycles. The van der Waals surface area contributed by atoms with Gasteiger partial charge < -0.3 is 14.2 Å². The average Bonchev–Trinajstić information content (AvgIpc) is 3.15. The zero-order chi connectivity index (χ0) is 20.4. The smallest absolute Gasteiger partial charge is 0.330 e. The maximum Gasteiger partial charge on any atom is 0.330 e. The van der Waals surface area contributed by atoms with Crippen LogP contribution in [0.4, 0.5) is 0 Å². The monoisotopic (exact) mass is 378 g/mol. The van der Waals surface area contributed by atoms with Crippen molar-refractivity contribution in [1.29, 1.82) is 0 Å². The zero-order valence-corrected chi connectivity index (χ0v) is 17.7. The van der Waals surface area contributed by atoms with Crippen molar-refractivity contribution in [2.75, 3.05) is 0 Å². The molecule has 0 aromatic heterocycles. The highest BCUT2D eigenvalue weighted by Crippen LogP contribution is 2.48. The number of hydrogen-bond donors (Lipinski definition) is 0. The first kappa shape index (κ1) is 21.7. The number of allylic oxidation sites excluding steroid dienone is 2. The van der Waals surface area contributed by atoms with Gasteiger partial charge in [-0.05, 0) is 46.5 Å². The molecular formula is C22H34O5. The van der Waals surface area contributed by atoms with Crippen LogP contribution < -0.4 is 0 Å². The highest BCUT2D eigenvalue weighted by atomic mass is 16.6. The molecule has 0 amide bonds. The number of epoxide rings is 1. The van der Waals surface area contributed by atoms with Crippen molar-refractivity contribution in [3.8, 4) is 0 Å². The molecule has 0 aromatic carbocycles. The fourth-order valence-corrected chi connectivity index (χ4v) is 4.11. The summed E-state index contributed by atoms with van der Waals surface area (Å²) in [5.74, 6) is -0.671. The predicted octanol–water partition coefficient (Wildman–Crippen LogP) is 4.36. The molecule has 0 aromatic rings. The molecule has 1 aliphatic heterocycles. The van der Waals surface area contributed by atoms with Crippen LogP contribution in [0, 0.1) is 11.8 Å². The molecule has 0 unspecified atom stereocenters. The van der Waals surface area contributed by atoms with E-state index in [-0.39, 0.29) is 41.6 Å². The second-order valence-corrected chi connectivity index (χ2v) is 8.74. The Balaban J connectivity index is 2.41. The van der Waals surface area contributed by atoms with Crippen molar-refractivity contribution in [1.82, 2.24) is 0 Å². The molecule has 0 N–H and O–H groups in total. The van der Waals surface area contributed by atoms with Crippen molar-refractivity contribution in [3.05, 3.63) is 23.3 Å². The standard InChI is InChI=1S/C22H34O5/c1-13(2)11-18(24)26-17-12-15(5)9-8-10-22(7)21(27-22)20(25-16(6)23)19(17)14(3)4/h9,11,14,17,19-21H,8,10,12H2,1-7H3/b15-9-/t17-,19+,20+,21-,22-/m0/s1. The van der Waals surface area contributed by atoms with Gasteiger partial charge in [-0.2, -0.15) is 0 Å². The lowest BCUT2D eigenvalue weighted by Crippen LogP contribution is -2.45. The van der Waals surface area contributed by atoms with Gasteiger partial charge in [-0.3, -0.25) is 4.79 Å². The van der Waals surface area contributed by atoms with Gasteiger partial charge in [0.15, 0.2) is 0 Å². The summed E-state index contributed by atoms with van der Waals surface area (Å²) in [4.78, 5) is 24.2. The number of esters is 2. The first-order valence-corrected chi connectivity index (χ1v) is 9.89. The molecule has 5 atom stereocenters. The van der Waals surface area contributed by atoms with E-state index < -0.39 is 6.10 Å². The van der Waals surface area contributed by atoms with Gasteiger partial charge in [-0.15, -0.1) is 0 Å². The topological polar surface area (TPSA) is 65.1 Å². The summed E-state index contributed by atoms with van der Waals surface area (Å²) in [6.07, 6.45) is 5.16. The van der Waals surface area contributed by atoms with Crippen LogP contribution in [-0.2, 0) is 23.8 Å². The second-order valence-electron chi connectivity index (χ2n) is 8.74. The van der Waals surface area contributed by atoms with E-state index >= 15 is 0 Å². The van der Waals surface area contributed by atoms with Gasteiger partial charge in [0.1, 0.15) is 18.3 Å². The number of carbonyl (C=O) groups is 2. The quantitative estimate of drug-likeness (QED) is 0.315. The van der Waals surface area contributed by atoms with E-state index in [2.05, 4.69) is 33.8 Å². The Morgan fingerprint density at radius 3 is 2.48 bits per heavy atom. The van der Waals surface area contributed by atoms with Crippen LogP contribution >= 0.6 is 0 Å². The summed E-state index contributed by atoms with van der Waals surface area (Å²) < 4.78 is 17.7. The molecule has 1 heterocycles. The maximum absolute atomic E-state index is 12.4. The third kappa shape index (κ3) is 5.68. The molecule has 5 heteroatoms. The van der Waals surface area contributed by atoms with E-state index in [0.29, 0.717) is 6.42 Å². The number of ether oxygens (including phenoxy) is 3. The van der Waals surface area contributed by atoms with Gasteiger partial charge in [-0.1, -0.05) is 31.1 Å². The molecule has 2 rings (SSSR count). The molecule has 2 aliphatic rings. The van der Waals surface area contributed by atoms with Crippen molar-refractivity contribution in [2.45, 2.75) is 91.6 Å². The van der Waals surface area contributed by atoms with Crippen LogP contribution in [0.15, 0.2) is 23.3 Å². The Kier molecular flexibility index (Phi) is 6.90. The molecule has 1 fully saturated rings. The van der Waals surface area contributed by atoms with Crippen LogP contribution in [-0.4, -0.2) is 35.9 Å². The third-order valence-corrected chi connectivity index (χ3v) is 5.45. The minimum atomic E-state index is -0.428. The average molecular weight is 379 g/mol. The van der Waals surface area contributed by atoms with Crippen LogP contribution in [0.5, 0.6) is 0 Å². The van der Waals surface area contributed by atoms with E-state index in [1.165, 1.54) is 18.6 Å².